The Hall–Kier alpha value is -0.0400. The maximum Gasteiger partial charge on any atom is 0.0468 e. The summed E-state index contributed by atoms with van der Waals surface area (Å²) in [6, 6.07) is 0. The van der Waals surface area contributed by atoms with E-state index in [9.17, 15) is 0 Å². The molecule has 0 amide bonds. The molecule has 0 aromatic heterocycles. The average Bonchev–Trinajstić information content (AvgIpc) is 2.96. The van der Waals surface area contributed by atoms with Gasteiger partial charge in [-0.2, -0.15) is 0 Å². The Balaban J connectivity index is 1.26. The predicted octanol–water partition coefficient (Wildman–Crippen LogP) is 11.9. The standard InChI is InChI=1S/C38H70O/c1-5-7-31-13-21-35(22-14-31)37(33-17-9-29(3)10-18-33)25-27-39-28-26-38(34-19-11-30(4)12-20-34)36-23-15-32(8-6-2)16-24-36/h29-38H,5-28H2,1-4H3/t29-,30-,31-,32-,33-,34-,35-,36-,37?,38?. The van der Waals surface area contributed by atoms with Crippen LogP contribution in [0.2, 0.25) is 0 Å². The third-order valence-electron chi connectivity index (χ3n) is 12.9. The Labute approximate surface area is 245 Å². The maximum atomic E-state index is 6.62. The molecule has 0 N–H and O–H groups in total. The van der Waals surface area contributed by atoms with Crippen LogP contribution in [0.25, 0.3) is 0 Å². The van der Waals surface area contributed by atoms with Crippen molar-refractivity contribution in [3.63, 3.8) is 0 Å². The zero-order valence-corrected chi connectivity index (χ0v) is 27.2. The van der Waals surface area contributed by atoms with E-state index < -0.39 is 0 Å². The highest BCUT2D eigenvalue weighted by Crippen LogP contribution is 2.46. The molecule has 4 aliphatic rings. The Kier molecular flexibility index (Phi) is 14.0. The van der Waals surface area contributed by atoms with Crippen LogP contribution in [0.5, 0.6) is 0 Å². The Bertz CT molecular complexity index is 557. The molecular formula is C38H70O. The van der Waals surface area contributed by atoms with Crippen LogP contribution in [-0.4, -0.2) is 13.2 Å². The summed E-state index contributed by atoms with van der Waals surface area (Å²) < 4.78 is 6.62. The monoisotopic (exact) mass is 543 g/mol. The topological polar surface area (TPSA) is 9.23 Å². The molecule has 0 spiro atoms. The first-order valence-corrected chi connectivity index (χ1v) is 18.6. The molecule has 39 heavy (non-hydrogen) atoms. The minimum Gasteiger partial charge on any atom is -0.381 e. The molecule has 0 aromatic rings. The van der Waals surface area contributed by atoms with Crippen molar-refractivity contribution in [1.29, 1.82) is 0 Å². The molecule has 0 bridgehead atoms. The van der Waals surface area contributed by atoms with Crippen LogP contribution < -0.4 is 0 Å². The van der Waals surface area contributed by atoms with Gasteiger partial charge in [-0.1, -0.05) is 105 Å². The summed E-state index contributed by atoms with van der Waals surface area (Å²) in [5, 5.41) is 0. The highest BCUT2D eigenvalue weighted by atomic mass is 16.5. The molecule has 4 fully saturated rings. The van der Waals surface area contributed by atoms with Crippen molar-refractivity contribution in [1.82, 2.24) is 0 Å². The van der Waals surface area contributed by atoms with E-state index >= 15 is 0 Å². The summed E-state index contributed by atoms with van der Waals surface area (Å²) in [7, 11) is 0. The Morgan fingerprint density at radius 3 is 1.08 bits per heavy atom. The molecule has 4 aliphatic carbocycles. The van der Waals surface area contributed by atoms with Gasteiger partial charge in [-0.05, 0) is 123 Å². The minimum absolute atomic E-state index is 0.949. The highest BCUT2D eigenvalue weighted by Gasteiger charge is 2.35. The summed E-state index contributed by atoms with van der Waals surface area (Å²) in [4.78, 5) is 0. The van der Waals surface area contributed by atoms with E-state index in [1.165, 1.54) is 141 Å². The minimum atomic E-state index is 0.949. The first-order chi connectivity index (χ1) is 19.1. The van der Waals surface area contributed by atoms with Crippen LogP contribution in [0.1, 0.15) is 169 Å². The largest absolute Gasteiger partial charge is 0.381 e. The van der Waals surface area contributed by atoms with Crippen molar-refractivity contribution in [3.8, 4) is 0 Å². The predicted molar refractivity (Wildman–Crippen MR) is 170 cm³/mol. The second-order valence-corrected chi connectivity index (χ2v) is 15.7. The number of rotatable bonds is 14. The van der Waals surface area contributed by atoms with Gasteiger partial charge >= 0.3 is 0 Å². The van der Waals surface area contributed by atoms with Gasteiger partial charge in [0.25, 0.3) is 0 Å². The van der Waals surface area contributed by atoms with Gasteiger partial charge in [0.05, 0.1) is 0 Å². The second kappa shape index (κ2) is 17.2. The molecule has 0 saturated heterocycles. The van der Waals surface area contributed by atoms with E-state index in [4.69, 9.17) is 4.74 Å². The van der Waals surface area contributed by atoms with Crippen LogP contribution in [0.4, 0.5) is 0 Å². The molecular weight excluding hydrogens is 472 g/mol. The fraction of sp³-hybridized carbons (Fsp3) is 1.00. The van der Waals surface area contributed by atoms with Crippen LogP contribution in [0, 0.1) is 59.2 Å². The van der Waals surface area contributed by atoms with Gasteiger partial charge in [-0.15, -0.1) is 0 Å². The van der Waals surface area contributed by atoms with Crippen LogP contribution >= 0.6 is 0 Å². The third kappa shape index (κ3) is 10.0. The van der Waals surface area contributed by atoms with Crippen molar-refractivity contribution in [2.24, 2.45) is 59.2 Å². The van der Waals surface area contributed by atoms with Gasteiger partial charge in [-0.3, -0.25) is 0 Å². The van der Waals surface area contributed by atoms with Crippen LogP contribution in [0.3, 0.4) is 0 Å². The summed E-state index contributed by atoms with van der Waals surface area (Å²) in [5.74, 6) is 9.88. The third-order valence-corrected chi connectivity index (χ3v) is 12.9. The SMILES string of the molecule is CCC[C@H]1CC[C@H](C(CCOCCC([C@H]2CC[C@H](C)CC2)[C@H]2CC[C@H](CCC)CC2)[C@H]2CC[C@H](C)CC2)CC1. The highest BCUT2D eigenvalue weighted by molar-refractivity contribution is 4.86. The van der Waals surface area contributed by atoms with Crippen molar-refractivity contribution in [2.45, 2.75) is 169 Å². The summed E-state index contributed by atoms with van der Waals surface area (Å²) in [6.45, 7) is 11.8. The quantitative estimate of drug-likeness (QED) is 0.198. The molecule has 0 aliphatic heterocycles. The summed E-state index contributed by atoms with van der Waals surface area (Å²) in [6.07, 6.45) is 32.5. The van der Waals surface area contributed by atoms with E-state index in [0.29, 0.717) is 0 Å². The fourth-order valence-corrected chi connectivity index (χ4v) is 10.3. The molecule has 2 atom stereocenters. The van der Waals surface area contributed by atoms with Crippen LogP contribution in [0.15, 0.2) is 0 Å². The number of hydrogen-bond donors (Lipinski definition) is 0. The molecule has 0 aromatic carbocycles. The number of ether oxygens (including phenoxy) is 1. The average molecular weight is 543 g/mol. The molecule has 4 saturated carbocycles. The van der Waals surface area contributed by atoms with E-state index in [2.05, 4.69) is 27.7 Å². The van der Waals surface area contributed by atoms with Crippen molar-refractivity contribution < 1.29 is 4.74 Å². The molecule has 0 radical (unpaired) electrons. The molecule has 0 heterocycles. The maximum absolute atomic E-state index is 6.62. The molecule has 1 nitrogen and oxygen atoms in total. The van der Waals surface area contributed by atoms with Gasteiger partial charge in [0.2, 0.25) is 0 Å². The zero-order valence-electron chi connectivity index (χ0n) is 27.2. The lowest BCUT2D eigenvalue weighted by molar-refractivity contribution is 0.0383. The lowest BCUT2D eigenvalue weighted by atomic mass is 9.65. The smallest absolute Gasteiger partial charge is 0.0468 e. The Morgan fingerprint density at radius 2 is 0.769 bits per heavy atom. The van der Waals surface area contributed by atoms with Gasteiger partial charge in [0, 0.05) is 13.2 Å². The van der Waals surface area contributed by atoms with Crippen molar-refractivity contribution >= 4 is 0 Å². The Morgan fingerprint density at radius 1 is 0.462 bits per heavy atom. The van der Waals surface area contributed by atoms with Gasteiger partial charge in [-0.25, -0.2) is 0 Å². The van der Waals surface area contributed by atoms with Gasteiger partial charge in [0.15, 0.2) is 0 Å². The molecule has 2 unspecified atom stereocenters. The lowest BCUT2D eigenvalue weighted by Gasteiger charge is -2.41. The molecule has 228 valence electrons. The van der Waals surface area contributed by atoms with Gasteiger partial charge < -0.3 is 4.74 Å². The normalized spacial score (nSPS) is 37.8. The van der Waals surface area contributed by atoms with Crippen molar-refractivity contribution in [3.05, 3.63) is 0 Å². The van der Waals surface area contributed by atoms with Crippen LogP contribution in [-0.2, 0) is 4.74 Å². The van der Waals surface area contributed by atoms with E-state index in [0.717, 1.165) is 72.4 Å². The second-order valence-electron chi connectivity index (χ2n) is 15.7. The first-order valence-electron chi connectivity index (χ1n) is 18.6. The van der Waals surface area contributed by atoms with E-state index in [1.54, 1.807) is 0 Å². The van der Waals surface area contributed by atoms with Gasteiger partial charge in [0.1, 0.15) is 0 Å². The van der Waals surface area contributed by atoms with E-state index in [1.807, 2.05) is 0 Å². The summed E-state index contributed by atoms with van der Waals surface area (Å²) in [5.41, 5.74) is 0. The zero-order chi connectivity index (χ0) is 27.5. The lowest BCUT2D eigenvalue weighted by Crippen LogP contribution is -2.32. The fourth-order valence-electron chi connectivity index (χ4n) is 10.3. The molecule has 1 heteroatoms. The van der Waals surface area contributed by atoms with Crippen molar-refractivity contribution in [2.75, 3.05) is 13.2 Å². The molecule has 4 rings (SSSR count). The number of hydrogen-bond acceptors (Lipinski definition) is 1. The van der Waals surface area contributed by atoms with E-state index in [-0.39, 0.29) is 0 Å². The summed E-state index contributed by atoms with van der Waals surface area (Å²) >= 11 is 0. The first kappa shape index (κ1) is 31.9.